The normalized spacial score (nSPS) is 10.5. The molecule has 0 saturated heterocycles. The number of hydrogen-bond acceptors (Lipinski definition) is 3. The highest BCUT2D eigenvalue weighted by Crippen LogP contribution is 2.30. The predicted molar refractivity (Wildman–Crippen MR) is 86.1 cm³/mol. The topological polar surface area (TPSA) is 55.2 Å². The van der Waals surface area contributed by atoms with Gasteiger partial charge in [-0.05, 0) is 49.1 Å². The second-order valence-electron chi connectivity index (χ2n) is 5.09. The van der Waals surface area contributed by atoms with Crippen molar-refractivity contribution in [1.29, 1.82) is 0 Å². The minimum absolute atomic E-state index is 0.0635. The van der Waals surface area contributed by atoms with Gasteiger partial charge in [0, 0.05) is 18.3 Å². The molecule has 0 radical (unpaired) electrons. The Bertz CT molecular complexity index is 699. The lowest BCUT2D eigenvalue weighted by molar-refractivity contribution is -0.384. The quantitative estimate of drug-likeness (QED) is 0.653. The number of nitro groups is 1. The van der Waals surface area contributed by atoms with Gasteiger partial charge < -0.3 is 5.32 Å². The Hall–Kier alpha value is -2.07. The van der Waals surface area contributed by atoms with Gasteiger partial charge in [-0.1, -0.05) is 29.8 Å². The highest BCUT2D eigenvalue weighted by Gasteiger charge is 2.15. The molecule has 0 aliphatic carbocycles. The van der Waals surface area contributed by atoms with Crippen molar-refractivity contribution in [1.82, 2.24) is 0 Å². The maximum atomic E-state index is 10.8. The lowest BCUT2D eigenvalue weighted by Crippen LogP contribution is -2.04. The summed E-state index contributed by atoms with van der Waals surface area (Å²) in [4.78, 5) is 10.4. The van der Waals surface area contributed by atoms with Crippen LogP contribution >= 0.6 is 11.6 Å². The van der Waals surface area contributed by atoms with E-state index in [0.29, 0.717) is 6.54 Å². The van der Waals surface area contributed by atoms with Gasteiger partial charge in [0.25, 0.3) is 5.69 Å². The maximum absolute atomic E-state index is 10.8. The zero-order valence-electron chi connectivity index (χ0n) is 12.2. The number of nitro benzene ring substituents is 1. The van der Waals surface area contributed by atoms with Gasteiger partial charge >= 0.3 is 0 Å². The Balaban J connectivity index is 2.23. The third-order valence-electron chi connectivity index (χ3n) is 3.68. The molecule has 0 spiro atoms. The molecule has 1 N–H and O–H groups in total. The number of nitrogens with one attached hydrogen (secondary N) is 1. The molecule has 0 atom stereocenters. The highest BCUT2D eigenvalue weighted by molar-refractivity contribution is 6.33. The van der Waals surface area contributed by atoms with Gasteiger partial charge in [-0.2, -0.15) is 0 Å². The van der Waals surface area contributed by atoms with Crippen LogP contribution in [0, 0.1) is 30.9 Å². The third-order valence-corrected chi connectivity index (χ3v) is 3.98. The summed E-state index contributed by atoms with van der Waals surface area (Å²) >= 11 is 5.95. The fourth-order valence-electron chi connectivity index (χ4n) is 2.19. The molecule has 0 heterocycles. The first-order chi connectivity index (χ1) is 9.90. The number of rotatable bonds is 4. The standard InChI is InChI=1S/C16H17ClN2O2/c1-10-5-4-6-13(12(10)3)9-18-15-8-14(17)16(19(20)21)7-11(15)2/h4-8,18H,9H2,1-3H3. The van der Waals surface area contributed by atoms with E-state index < -0.39 is 4.92 Å². The minimum Gasteiger partial charge on any atom is -0.381 e. The van der Waals surface area contributed by atoms with Gasteiger partial charge in [0.1, 0.15) is 5.02 Å². The van der Waals surface area contributed by atoms with E-state index in [2.05, 4.69) is 31.3 Å². The number of anilines is 1. The first-order valence-electron chi connectivity index (χ1n) is 6.63. The Kier molecular flexibility index (Phi) is 4.48. The predicted octanol–water partition coefficient (Wildman–Crippen LogP) is 4.79. The number of halogens is 1. The second-order valence-corrected chi connectivity index (χ2v) is 5.50. The van der Waals surface area contributed by atoms with Crippen molar-refractivity contribution < 1.29 is 4.92 Å². The summed E-state index contributed by atoms with van der Waals surface area (Å²) in [5.41, 5.74) is 5.24. The van der Waals surface area contributed by atoms with Gasteiger partial charge in [-0.25, -0.2) is 0 Å². The molecule has 2 rings (SSSR count). The van der Waals surface area contributed by atoms with Crippen LogP contribution in [0.3, 0.4) is 0 Å². The van der Waals surface area contributed by atoms with Crippen LogP contribution in [0.1, 0.15) is 22.3 Å². The fraction of sp³-hybridized carbons (Fsp3) is 0.250. The zero-order valence-corrected chi connectivity index (χ0v) is 13.0. The molecule has 2 aromatic rings. The van der Waals surface area contributed by atoms with Crippen molar-refractivity contribution >= 4 is 23.0 Å². The fourth-order valence-corrected chi connectivity index (χ4v) is 2.42. The number of aryl methyl sites for hydroxylation is 2. The molecule has 0 unspecified atom stereocenters. The SMILES string of the molecule is Cc1cc([N+](=O)[O-])c(Cl)cc1NCc1cccc(C)c1C. The van der Waals surface area contributed by atoms with Crippen molar-refractivity contribution in [3.05, 3.63) is 67.7 Å². The first kappa shape index (κ1) is 15.3. The molecule has 2 aromatic carbocycles. The Morgan fingerprint density at radius 1 is 1.19 bits per heavy atom. The van der Waals surface area contributed by atoms with Crippen molar-refractivity contribution in [3.8, 4) is 0 Å². The van der Waals surface area contributed by atoms with Crippen LogP contribution in [-0.2, 0) is 6.54 Å². The molecule has 0 amide bonds. The lowest BCUT2D eigenvalue weighted by Gasteiger charge is -2.13. The smallest absolute Gasteiger partial charge is 0.288 e. The molecule has 0 saturated carbocycles. The van der Waals surface area contributed by atoms with Crippen LogP contribution in [0.4, 0.5) is 11.4 Å². The molecule has 5 heteroatoms. The molecule has 21 heavy (non-hydrogen) atoms. The van der Waals surface area contributed by atoms with Crippen molar-refractivity contribution in [3.63, 3.8) is 0 Å². The average molecular weight is 305 g/mol. The summed E-state index contributed by atoms with van der Waals surface area (Å²) in [5, 5.41) is 14.3. The van der Waals surface area contributed by atoms with Gasteiger partial charge in [-0.3, -0.25) is 10.1 Å². The van der Waals surface area contributed by atoms with Crippen molar-refractivity contribution in [2.45, 2.75) is 27.3 Å². The van der Waals surface area contributed by atoms with Crippen LogP contribution < -0.4 is 5.32 Å². The van der Waals surface area contributed by atoms with Gasteiger partial charge in [0.15, 0.2) is 0 Å². The number of benzene rings is 2. The van der Waals surface area contributed by atoms with E-state index in [-0.39, 0.29) is 10.7 Å². The van der Waals surface area contributed by atoms with E-state index in [1.165, 1.54) is 22.8 Å². The minimum atomic E-state index is -0.468. The molecule has 0 aliphatic rings. The molecule has 4 nitrogen and oxygen atoms in total. The number of hydrogen-bond donors (Lipinski definition) is 1. The van der Waals surface area contributed by atoms with Gasteiger partial charge in [-0.15, -0.1) is 0 Å². The molecule has 0 fully saturated rings. The molecule has 110 valence electrons. The van der Waals surface area contributed by atoms with Gasteiger partial charge in [0.2, 0.25) is 0 Å². The molecule has 0 aliphatic heterocycles. The molecule has 0 bridgehead atoms. The van der Waals surface area contributed by atoms with Gasteiger partial charge in [0.05, 0.1) is 4.92 Å². The van der Waals surface area contributed by atoms with E-state index >= 15 is 0 Å². The third kappa shape index (κ3) is 3.34. The summed E-state index contributed by atoms with van der Waals surface area (Å²) < 4.78 is 0. The van der Waals surface area contributed by atoms with E-state index in [1.54, 1.807) is 6.07 Å². The molecular weight excluding hydrogens is 288 g/mol. The van der Waals surface area contributed by atoms with Crippen LogP contribution in [0.2, 0.25) is 5.02 Å². The number of nitrogens with zero attached hydrogens (tertiary/aromatic N) is 1. The van der Waals surface area contributed by atoms with E-state index in [9.17, 15) is 10.1 Å². The highest BCUT2D eigenvalue weighted by atomic mass is 35.5. The van der Waals surface area contributed by atoms with E-state index in [0.717, 1.165) is 11.3 Å². The summed E-state index contributed by atoms with van der Waals surface area (Å²) in [6.07, 6.45) is 0. The summed E-state index contributed by atoms with van der Waals surface area (Å²) in [6, 6.07) is 9.27. The Morgan fingerprint density at radius 3 is 2.57 bits per heavy atom. The van der Waals surface area contributed by atoms with Crippen molar-refractivity contribution in [2.75, 3.05) is 5.32 Å². The zero-order chi connectivity index (χ0) is 15.6. The average Bonchev–Trinajstić information content (AvgIpc) is 2.43. The molecule has 0 aromatic heterocycles. The first-order valence-corrected chi connectivity index (χ1v) is 7.01. The monoisotopic (exact) mass is 304 g/mol. The Morgan fingerprint density at radius 2 is 1.90 bits per heavy atom. The Labute approximate surface area is 128 Å². The van der Waals surface area contributed by atoms with Crippen LogP contribution in [-0.4, -0.2) is 4.92 Å². The summed E-state index contributed by atoms with van der Waals surface area (Å²) in [7, 11) is 0. The van der Waals surface area contributed by atoms with Crippen LogP contribution in [0.15, 0.2) is 30.3 Å². The maximum Gasteiger partial charge on any atom is 0.288 e. The van der Waals surface area contributed by atoms with Crippen LogP contribution in [0.25, 0.3) is 0 Å². The largest absolute Gasteiger partial charge is 0.381 e. The summed E-state index contributed by atoms with van der Waals surface area (Å²) in [5.74, 6) is 0. The van der Waals surface area contributed by atoms with E-state index in [1.807, 2.05) is 13.0 Å². The molecular formula is C16H17ClN2O2. The van der Waals surface area contributed by atoms with Crippen LogP contribution in [0.5, 0.6) is 0 Å². The van der Waals surface area contributed by atoms with E-state index in [4.69, 9.17) is 11.6 Å². The second kappa shape index (κ2) is 6.14. The van der Waals surface area contributed by atoms with Crippen molar-refractivity contribution in [2.24, 2.45) is 0 Å². The summed E-state index contributed by atoms with van der Waals surface area (Å²) in [6.45, 7) is 6.64. The lowest BCUT2D eigenvalue weighted by atomic mass is 10.0.